The van der Waals surface area contributed by atoms with Crippen LogP contribution in [0.5, 0.6) is 0 Å². The molecule has 0 fully saturated rings. The van der Waals surface area contributed by atoms with Crippen LogP contribution in [0, 0.1) is 21.4 Å². The third-order valence-electron chi connectivity index (χ3n) is 3.36. The van der Waals surface area contributed by atoms with Crippen molar-refractivity contribution < 1.29 is 19.1 Å². The number of nitrogen functional groups attached to an aromatic ring is 1. The Morgan fingerprint density at radius 2 is 2.25 bits per heavy atom. The molecule has 1 aromatic carbocycles. The number of methoxy groups -OCH3 is 1. The first-order chi connectivity index (χ1) is 11.5. The summed E-state index contributed by atoms with van der Waals surface area (Å²) in [6.45, 7) is 0. The van der Waals surface area contributed by atoms with Gasteiger partial charge in [-0.05, 0) is 16.4 Å². The molecule has 120 valence electrons. The van der Waals surface area contributed by atoms with Crippen molar-refractivity contribution in [3.05, 3.63) is 39.7 Å². The summed E-state index contributed by atoms with van der Waals surface area (Å²) in [5.74, 6) is -0.864. The van der Waals surface area contributed by atoms with Crippen molar-refractivity contribution in [1.82, 2.24) is 14.9 Å². The van der Waals surface area contributed by atoms with Crippen LogP contribution >= 0.6 is 0 Å². The molecule has 0 atom stereocenters. The predicted molar refractivity (Wildman–Crippen MR) is 78.3 cm³/mol. The summed E-state index contributed by atoms with van der Waals surface area (Å²) in [5, 5.41) is 27.8. The number of carbonyl (C=O) groups is 1. The van der Waals surface area contributed by atoms with E-state index in [0.717, 1.165) is 11.7 Å². The number of ether oxygens (including phenoxy) is 1. The van der Waals surface area contributed by atoms with Gasteiger partial charge in [-0.15, -0.1) is 0 Å². The second-order valence-corrected chi connectivity index (χ2v) is 4.60. The van der Waals surface area contributed by atoms with Crippen molar-refractivity contribution in [2.75, 3.05) is 12.8 Å². The quantitative estimate of drug-likeness (QED) is 0.422. The monoisotopic (exact) mass is 328 g/mol. The number of nitriles is 1. The Kier molecular flexibility index (Phi) is 3.34. The number of benzene rings is 1. The minimum Gasteiger partial charge on any atom is -0.464 e. The standard InChI is InChI=1S/C13H8N6O5/c1-23-13(20)12-9(15)6(4-14)5-18(12)11-8(19(21)22)3-2-7-10(11)17-24-16-7/h2-3,5H,15H2,1H3. The molecule has 0 radical (unpaired) electrons. The molecule has 2 heterocycles. The van der Waals surface area contributed by atoms with E-state index < -0.39 is 10.9 Å². The van der Waals surface area contributed by atoms with Crippen molar-refractivity contribution in [2.45, 2.75) is 0 Å². The van der Waals surface area contributed by atoms with Gasteiger partial charge in [0, 0.05) is 12.3 Å². The second kappa shape index (κ2) is 5.36. The molecule has 3 aromatic rings. The van der Waals surface area contributed by atoms with Crippen molar-refractivity contribution in [2.24, 2.45) is 0 Å². The first-order valence-corrected chi connectivity index (χ1v) is 6.38. The molecule has 2 N–H and O–H groups in total. The molecule has 0 saturated heterocycles. The summed E-state index contributed by atoms with van der Waals surface area (Å²) in [6, 6.07) is 4.35. The molecular formula is C13H8N6O5. The van der Waals surface area contributed by atoms with Crippen LogP contribution in [0.2, 0.25) is 0 Å². The van der Waals surface area contributed by atoms with Gasteiger partial charge in [-0.3, -0.25) is 14.7 Å². The molecule has 24 heavy (non-hydrogen) atoms. The molecule has 0 amide bonds. The summed E-state index contributed by atoms with van der Waals surface area (Å²) in [6.07, 6.45) is 1.19. The van der Waals surface area contributed by atoms with E-state index in [1.807, 2.05) is 6.07 Å². The van der Waals surface area contributed by atoms with Crippen LogP contribution in [0.3, 0.4) is 0 Å². The fourth-order valence-electron chi connectivity index (χ4n) is 2.30. The summed E-state index contributed by atoms with van der Waals surface area (Å²) in [4.78, 5) is 22.8. The Bertz CT molecular complexity index is 1030. The van der Waals surface area contributed by atoms with Gasteiger partial charge in [0.2, 0.25) is 0 Å². The lowest BCUT2D eigenvalue weighted by Crippen LogP contribution is -2.12. The van der Waals surface area contributed by atoms with Crippen LogP contribution in [0.25, 0.3) is 16.7 Å². The number of nitro benzene ring substituents is 1. The Morgan fingerprint density at radius 3 is 2.88 bits per heavy atom. The molecule has 11 nitrogen and oxygen atoms in total. The Balaban J connectivity index is 2.46. The number of carbonyl (C=O) groups excluding carboxylic acids is 1. The van der Waals surface area contributed by atoms with Gasteiger partial charge in [-0.25, -0.2) is 9.42 Å². The van der Waals surface area contributed by atoms with Crippen LogP contribution in [0.15, 0.2) is 23.0 Å². The van der Waals surface area contributed by atoms with Crippen molar-refractivity contribution >= 4 is 28.4 Å². The molecule has 0 aliphatic heterocycles. The highest BCUT2D eigenvalue weighted by atomic mass is 16.6. The van der Waals surface area contributed by atoms with Gasteiger partial charge in [0.05, 0.1) is 23.3 Å². The first-order valence-electron chi connectivity index (χ1n) is 6.38. The lowest BCUT2D eigenvalue weighted by atomic mass is 10.2. The number of hydrogen-bond donors (Lipinski definition) is 1. The van der Waals surface area contributed by atoms with Gasteiger partial charge < -0.3 is 10.5 Å². The fourth-order valence-corrected chi connectivity index (χ4v) is 2.30. The predicted octanol–water partition coefficient (Wildman–Crippen LogP) is 1.16. The van der Waals surface area contributed by atoms with Crippen molar-refractivity contribution in [3.8, 4) is 11.8 Å². The number of nitro groups is 1. The molecule has 0 bridgehead atoms. The van der Waals surface area contributed by atoms with Gasteiger partial charge in [0.25, 0.3) is 5.69 Å². The molecule has 11 heteroatoms. The van der Waals surface area contributed by atoms with Crippen LogP contribution in [0.4, 0.5) is 11.4 Å². The number of anilines is 1. The number of aromatic nitrogens is 3. The number of nitrogens with two attached hydrogens (primary N) is 1. The maximum absolute atomic E-state index is 12.1. The topological polar surface area (TPSA) is 163 Å². The van der Waals surface area contributed by atoms with Crippen LogP contribution < -0.4 is 5.73 Å². The largest absolute Gasteiger partial charge is 0.464 e. The molecular weight excluding hydrogens is 320 g/mol. The third-order valence-corrected chi connectivity index (χ3v) is 3.36. The molecule has 0 aliphatic carbocycles. The lowest BCUT2D eigenvalue weighted by molar-refractivity contribution is -0.384. The normalized spacial score (nSPS) is 10.5. The summed E-state index contributed by atoms with van der Waals surface area (Å²) in [7, 11) is 1.12. The smallest absolute Gasteiger partial charge is 0.357 e. The second-order valence-electron chi connectivity index (χ2n) is 4.60. The SMILES string of the molecule is COC(=O)c1c(N)c(C#N)cn1-c1c([N+](=O)[O-])ccc2nonc12. The minimum atomic E-state index is -0.864. The molecule has 3 rings (SSSR count). The number of fused-ring (bicyclic) bond motifs is 1. The van der Waals surface area contributed by atoms with E-state index >= 15 is 0 Å². The molecule has 2 aromatic heterocycles. The minimum absolute atomic E-state index is 0.0360. The van der Waals surface area contributed by atoms with Crippen molar-refractivity contribution in [1.29, 1.82) is 5.26 Å². The van der Waals surface area contributed by atoms with E-state index in [9.17, 15) is 14.9 Å². The van der Waals surface area contributed by atoms with Gasteiger partial charge in [0.15, 0.2) is 16.9 Å². The van der Waals surface area contributed by atoms with E-state index in [2.05, 4.69) is 19.7 Å². The number of nitrogens with zero attached hydrogens (tertiary/aromatic N) is 5. The van der Waals surface area contributed by atoms with Crippen LogP contribution in [0.1, 0.15) is 16.1 Å². The van der Waals surface area contributed by atoms with Crippen LogP contribution in [-0.4, -0.2) is 32.9 Å². The molecule has 0 saturated carbocycles. The van der Waals surface area contributed by atoms with Gasteiger partial charge in [0.1, 0.15) is 11.6 Å². The maximum Gasteiger partial charge on any atom is 0.357 e. The van der Waals surface area contributed by atoms with E-state index in [1.165, 1.54) is 18.3 Å². The lowest BCUT2D eigenvalue weighted by Gasteiger charge is -2.08. The molecule has 0 aliphatic rings. The van der Waals surface area contributed by atoms with Gasteiger partial charge in [-0.2, -0.15) is 5.26 Å². The highest BCUT2D eigenvalue weighted by Crippen LogP contribution is 2.34. The van der Waals surface area contributed by atoms with Gasteiger partial charge >= 0.3 is 5.97 Å². The number of rotatable bonds is 3. The molecule has 0 unspecified atom stereocenters. The summed E-state index contributed by atoms with van der Waals surface area (Å²) in [5.41, 5.74) is 5.16. The fraction of sp³-hybridized carbons (Fsp3) is 0.0769. The van der Waals surface area contributed by atoms with E-state index in [-0.39, 0.29) is 39.4 Å². The Labute approximate surface area is 132 Å². The zero-order chi connectivity index (χ0) is 17.4. The van der Waals surface area contributed by atoms with E-state index in [0.29, 0.717) is 0 Å². The number of hydrogen-bond acceptors (Lipinski definition) is 9. The zero-order valence-electron chi connectivity index (χ0n) is 12.1. The summed E-state index contributed by atoms with van der Waals surface area (Å²) >= 11 is 0. The Morgan fingerprint density at radius 1 is 1.50 bits per heavy atom. The number of esters is 1. The third kappa shape index (κ3) is 2.02. The first kappa shape index (κ1) is 15.0. The van der Waals surface area contributed by atoms with Gasteiger partial charge in [-0.1, -0.05) is 0 Å². The average Bonchev–Trinajstić information content (AvgIpc) is 3.17. The highest BCUT2D eigenvalue weighted by Gasteiger charge is 2.29. The average molecular weight is 328 g/mol. The van der Waals surface area contributed by atoms with Crippen molar-refractivity contribution in [3.63, 3.8) is 0 Å². The van der Waals surface area contributed by atoms with E-state index in [1.54, 1.807) is 0 Å². The molecule has 0 spiro atoms. The zero-order valence-corrected chi connectivity index (χ0v) is 12.1. The highest BCUT2D eigenvalue weighted by molar-refractivity contribution is 5.98. The maximum atomic E-state index is 12.1. The summed E-state index contributed by atoms with van der Waals surface area (Å²) < 4.78 is 10.3. The Hall–Kier alpha value is -3.94. The van der Waals surface area contributed by atoms with E-state index in [4.69, 9.17) is 11.0 Å². The van der Waals surface area contributed by atoms with Crippen LogP contribution in [-0.2, 0) is 4.74 Å².